The van der Waals surface area contributed by atoms with Crippen LogP contribution in [0.4, 0.5) is 0 Å². The molecule has 0 saturated heterocycles. The van der Waals surface area contributed by atoms with E-state index in [4.69, 9.17) is 9.72 Å². The predicted octanol–water partition coefficient (Wildman–Crippen LogP) is 5.75. The lowest BCUT2D eigenvalue weighted by molar-refractivity contribution is 0.415. The third kappa shape index (κ3) is 4.28. The van der Waals surface area contributed by atoms with Gasteiger partial charge in [-0.05, 0) is 36.4 Å². The number of rotatable bonds is 7. The summed E-state index contributed by atoms with van der Waals surface area (Å²) in [6, 6.07) is 23.9. The Hall–Kier alpha value is -3.49. The molecule has 6 nitrogen and oxygen atoms in total. The van der Waals surface area contributed by atoms with Gasteiger partial charge in [-0.15, -0.1) is 21.5 Å². The number of hydrogen-bond acceptors (Lipinski definition) is 7. The van der Waals surface area contributed by atoms with E-state index in [1.807, 2.05) is 60.7 Å². The zero-order valence-electron chi connectivity index (χ0n) is 17.3. The zero-order valence-corrected chi connectivity index (χ0v) is 18.9. The monoisotopic (exact) mass is 457 g/mol. The third-order valence-corrected chi connectivity index (χ3v) is 6.64. The van der Waals surface area contributed by atoms with Crippen molar-refractivity contribution in [2.24, 2.45) is 0 Å². The minimum Gasteiger partial charge on any atom is -0.497 e. The number of hydrogen-bond donors (Lipinski definition) is 0. The number of aromatic nitrogens is 5. The first kappa shape index (κ1) is 20.4. The highest BCUT2D eigenvalue weighted by Gasteiger charge is 2.17. The van der Waals surface area contributed by atoms with Gasteiger partial charge in [-0.1, -0.05) is 48.2 Å². The number of methoxy groups -OCH3 is 1. The molecule has 5 rings (SSSR count). The van der Waals surface area contributed by atoms with Gasteiger partial charge in [-0.25, -0.2) is 4.98 Å². The maximum atomic E-state index is 5.40. The van der Waals surface area contributed by atoms with Crippen molar-refractivity contribution in [3.63, 3.8) is 0 Å². The van der Waals surface area contributed by atoms with E-state index in [9.17, 15) is 0 Å². The Labute approximate surface area is 194 Å². The number of para-hydroxylation sites is 1. The minimum atomic E-state index is 0.687. The van der Waals surface area contributed by atoms with Crippen molar-refractivity contribution in [3.8, 4) is 33.5 Å². The number of benzene rings is 2. The van der Waals surface area contributed by atoms with Crippen LogP contribution in [0.15, 0.2) is 89.5 Å². The summed E-state index contributed by atoms with van der Waals surface area (Å²) >= 11 is 3.21. The molecule has 0 unspecified atom stereocenters. The summed E-state index contributed by atoms with van der Waals surface area (Å²) in [4.78, 5) is 9.14. The first-order valence-electron chi connectivity index (χ1n) is 9.96. The van der Waals surface area contributed by atoms with E-state index in [0.717, 1.165) is 44.4 Å². The second-order valence-corrected chi connectivity index (χ2v) is 8.66. The molecule has 0 aliphatic carbocycles. The summed E-state index contributed by atoms with van der Waals surface area (Å²) in [6.45, 7) is 0. The first-order chi connectivity index (χ1) is 15.8. The van der Waals surface area contributed by atoms with E-state index >= 15 is 0 Å². The van der Waals surface area contributed by atoms with Gasteiger partial charge in [0.05, 0.1) is 18.5 Å². The highest BCUT2D eigenvalue weighted by Crippen LogP contribution is 2.32. The van der Waals surface area contributed by atoms with Crippen LogP contribution in [-0.2, 0) is 5.75 Å². The molecule has 0 N–H and O–H groups in total. The van der Waals surface area contributed by atoms with E-state index in [1.165, 1.54) is 0 Å². The molecule has 158 valence electrons. The molecule has 8 heteroatoms. The Morgan fingerprint density at radius 2 is 1.84 bits per heavy atom. The molecule has 0 bridgehead atoms. The molecule has 3 aromatic heterocycles. The van der Waals surface area contributed by atoms with Gasteiger partial charge >= 0.3 is 0 Å². The Balaban J connectivity index is 1.45. The average molecular weight is 458 g/mol. The number of thiazole rings is 1. The fourth-order valence-electron chi connectivity index (χ4n) is 3.24. The lowest BCUT2D eigenvalue weighted by Crippen LogP contribution is -2.00. The van der Waals surface area contributed by atoms with E-state index in [0.29, 0.717) is 5.75 Å². The van der Waals surface area contributed by atoms with E-state index in [-0.39, 0.29) is 0 Å². The van der Waals surface area contributed by atoms with Gasteiger partial charge in [0.25, 0.3) is 0 Å². The zero-order chi connectivity index (χ0) is 21.8. The van der Waals surface area contributed by atoms with Crippen molar-refractivity contribution in [1.29, 1.82) is 0 Å². The molecule has 32 heavy (non-hydrogen) atoms. The molecule has 0 spiro atoms. The quantitative estimate of drug-likeness (QED) is 0.290. The molecule has 0 aliphatic heterocycles. The molecular weight excluding hydrogens is 438 g/mol. The standard InChI is InChI=1S/C24H19N5OS2/c1-30-20-11-7-8-17(14-20)22-27-28-24(29(22)19-9-3-2-4-10-19)32-16-18-15-31-23(26-18)21-12-5-6-13-25-21/h2-15H,16H2,1H3. The number of nitrogens with zero attached hydrogens (tertiary/aromatic N) is 5. The third-order valence-electron chi connectivity index (χ3n) is 4.76. The van der Waals surface area contributed by atoms with Gasteiger partial charge in [0, 0.05) is 28.6 Å². The molecule has 0 radical (unpaired) electrons. The molecule has 3 heterocycles. The van der Waals surface area contributed by atoms with Crippen LogP contribution in [0.3, 0.4) is 0 Å². The summed E-state index contributed by atoms with van der Waals surface area (Å²) in [6.07, 6.45) is 1.79. The van der Waals surface area contributed by atoms with Gasteiger partial charge in [-0.2, -0.15) is 0 Å². The van der Waals surface area contributed by atoms with Crippen LogP contribution in [0.25, 0.3) is 27.8 Å². The Morgan fingerprint density at radius 3 is 2.66 bits per heavy atom. The maximum absolute atomic E-state index is 5.40. The fourth-order valence-corrected chi connectivity index (χ4v) is 4.99. The van der Waals surface area contributed by atoms with Crippen LogP contribution in [0, 0.1) is 0 Å². The summed E-state index contributed by atoms with van der Waals surface area (Å²) in [5, 5.41) is 12.8. The Morgan fingerprint density at radius 1 is 0.969 bits per heavy atom. The van der Waals surface area contributed by atoms with Crippen LogP contribution < -0.4 is 4.74 Å². The average Bonchev–Trinajstić information content (AvgIpc) is 3.51. The van der Waals surface area contributed by atoms with Gasteiger partial charge in [-0.3, -0.25) is 9.55 Å². The highest BCUT2D eigenvalue weighted by molar-refractivity contribution is 7.98. The maximum Gasteiger partial charge on any atom is 0.196 e. The molecule has 0 saturated carbocycles. The lowest BCUT2D eigenvalue weighted by Gasteiger charge is -2.10. The predicted molar refractivity (Wildman–Crippen MR) is 128 cm³/mol. The number of ether oxygens (including phenoxy) is 1. The van der Waals surface area contributed by atoms with Crippen molar-refractivity contribution in [2.45, 2.75) is 10.9 Å². The van der Waals surface area contributed by atoms with Crippen LogP contribution in [-0.4, -0.2) is 31.8 Å². The number of thioether (sulfide) groups is 1. The van der Waals surface area contributed by atoms with Crippen molar-refractivity contribution >= 4 is 23.1 Å². The van der Waals surface area contributed by atoms with E-state index in [2.05, 4.69) is 37.3 Å². The number of pyridine rings is 1. The van der Waals surface area contributed by atoms with Gasteiger partial charge in [0.1, 0.15) is 10.8 Å². The molecule has 0 fully saturated rings. The van der Waals surface area contributed by atoms with Crippen LogP contribution >= 0.6 is 23.1 Å². The Bertz CT molecular complexity index is 1320. The fraction of sp³-hybridized carbons (Fsp3) is 0.0833. The summed E-state index contributed by atoms with van der Waals surface area (Å²) < 4.78 is 7.47. The summed E-state index contributed by atoms with van der Waals surface area (Å²) in [5.74, 6) is 2.24. The molecule has 0 atom stereocenters. The van der Waals surface area contributed by atoms with Crippen molar-refractivity contribution in [1.82, 2.24) is 24.7 Å². The molecular formula is C24H19N5OS2. The molecule has 0 amide bonds. The second-order valence-electron chi connectivity index (χ2n) is 6.86. The van der Waals surface area contributed by atoms with Crippen molar-refractivity contribution in [2.75, 3.05) is 7.11 Å². The normalized spacial score (nSPS) is 10.9. The summed E-state index contributed by atoms with van der Waals surface area (Å²) in [5.41, 5.74) is 3.83. The van der Waals surface area contributed by atoms with Gasteiger partial charge in [0.15, 0.2) is 11.0 Å². The second kappa shape index (κ2) is 9.33. The van der Waals surface area contributed by atoms with E-state index < -0.39 is 0 Å². The van der Waals surface area contributed by atoms with Crippen molar-refractivity contribution < 1.29 is 4.74 Å². The lowest BCUT2D eigenvalue weighted by atomic mass is 10.2. The van der Waals surface area contributed by atoms with Gasteiger partial charge < -0.3 is 4.74 Å². The topological polar surface area (TPSA) is 65.7 Å². The SMILES string of the molecule is COc1cccc(-c2nnc(SCc3csc(-c4ccccn4)n3)n2-c2ccccc2)c1. The molecule has 5 aromatic rings. The van der Waals surface area contributed by atoms with Crippen molar-refractivity contribution in [3.05, 3.63) is 90.1 Å². The largest absolute Gasteiger partial charge is 0.497 e. The first-order valence-corrected chi connectivity index (χ1v) is 11.8. The minimum absolute atomic E-state index is 0.687. The summed E-state index contributed by atoms with van der Waals surface area (Å²) in [7, 11) is 1.66. The van der Waals surface area contributed by atoms with Crippen LogP contribution in [0.5, 0.6) is 5.75 Å². The van der Waals surface area contributed by atoms with Crippen LogP contribution in [0.1, 0.15) is 5.69 Å². The Kier molecular flexibility index (Phi) is 5.96. The van der Waals surface area contributed by atoms with Gasteiger partial charge in [0.2, 0.25) is 0 Å². The molecule has 0 aliphatic rings. The van der Waals surface area contributed by atoms with Crippen LogP contribution in [0.2, 0.25) is 0 Å². The smallest absolute Gasteiger partial charge is 0.196 e. The van der Waals surface area contributed by atoms with E-state index in [1.54, 1.807) is 36.4 Å². The highest BCUT2D eigenvalue weighted by atomic mass is 32.2. The molecule has 2 aromatic carbocycles.